The lowest BCUT2D eigenvalue weighted by molar-refractivity contribution is -0.116. The Hall–Kier alpha value is -1.43. The van der Waals surface area contributed by atoms with Crippen LogP contribution in [0.15, 0.2) is 5.38 Å². The second-order valence-corrected chi connectivity index (χ2v) is 5.85. The number of thiazole rings is 1. The van der Waals surface area contributed by atoms with E-state index < -0.39 is 5.97 Å². The van der Waals surface area contributed by atoms with E-state index in [-0.39, 0.29) is 11.6 Å². The van der Waals surface area contributed by atoms with Gasteiger partial charge in [-0.05, 0) is 19.3 Å². The van der Waals surface area contributed by atoms with Gasteiger partial charge in [0.2, 0.25) is 5.91 Å². The minimum atomic E-state index is -0.449. The number of esters is 1. The number of nitrogens with one attached hydrogen (secondary N) is 1. The lowest BCUT2D eigenvalue weighted by Crippen LogP contribution is -2.13. The number of aromatic nitrogens is 1. The summed E-state index contributed by atoms with van der Waals surface area (Å²) >= 11 is 1.25. The molecule has 5 nitrogen and oxygen atoms in total. The van der Waals surface area contributed by atoms with Crippen molar-refractivity contribution in [2.75, 3.05) is 11.9 Å². The zero-order valence-corrected chi connectivity index (χ0v) is 12.5. The number of hydrogen-bond donors (Lipinski definition) is 1. The van der Waals surface area contributed by atoms with E-state index in [1.165, 1.54) is 37.0 Å². The highest BCUT2D eigenvalue weighted by molar-refractivity contribution is 7.14. The van der Waals surface area contributed by atoms with E-state index in [4.69, 9.17) is 4.74 Å². The Morgan fingerprint density at radius 1 is 1.45 bits per heavy atom. The molecule has 2 rings (SSSR count). The van der Waals surface area contributed by atoms with Crippen LogP contribution in [0.1, 0.15) is 55.9 Å². The Balaban J connectivity index is 1.77. The first kappa shape index (κ1) is 15.0. The van der Waals surface area contributed by atoms with Gasteiger partial charge in [0.15, 0.2) is 10.8 Å². The van der Waals surface area contributed by atoms with Crippen LogP contribution in [-0.2, 0) is 9.53 Å². The molecule has 0 radical (unpaired) electrons. The summed E-state index contributed by atoms with van der Waals surface area (Å²) in [6.07, 6.45) is 6.55. The van der Waals surface area contributed by atoms with Crippen LogP contribution in [0.4, 0.5) is 5.13 Å². The molecule has 110 valence electrons. The van der Waals surface area contributed by atoms with E-state index >= 15 is 0 Å². The summed E-state index contributed by atoms with van der Waals surface area (Å²) in [6.45, 7) is 2.06. The average Bonchev–Trinajstić information content (AvgIpc) is 3.07. The van der Waals surface area contributed by atoms with Gasteiger partial charge in [-0.25, -0.2) is 9.78 Å². The smallest absolute Gasteiger partial charge is 0.357 e. The molecule has 0 saturated heterocycles. The molecule has 1 aromatic heterocycles. The first-order valence-electron chi connectivity index (χ1n) is 7.11. The topological polar surface area (TPSA) is 68.3 Å². The molecule has 0 spiro atoms. The molecule has 0 aromatic carbocycles. The molecule has 1 amide bonds. The summed E-state index contributed by atoms with van der Waals surface area (Å²) in [7, 11) is 0. The van der Waals surface area contributed by atoms with Gasteiger partial charge in [-0.1, -0.05) is 25.7 Å². The monoisotopic (exact) mass is 296 g/mol. The summed E-state index contributed by atoms with van der Waals surface area (Å²) in [6, 6.07) is 0. The third-order valence-corrected chi connectivity index (χ3v) is 4.25. The van der Waals surface area contributed by atoms with Gasteiger partial charge in [0.05, 0.1) is 6.61 Å². The predicted octanol–water partition coefficient (Wildman–Crippen LogP) is 3.23. The van der Waals surface area contributed by atoms with Crippen molar-refractivity contribution in [3.8, 4) is 0 Å². The van der Waals surface area contributed by atoms with Crippen molar-refractivity contribution in [1.29, 1.82) is 0 Å². The minimum absolute atomic E-state index is 0.0262. The molecule has 20 heavy (non-hydrogen) atoms. The first-order chi connectivity index (χ1) is 9.69. The van der Waals surface area contributed by atoms with Crippen molar-refractivity contribution in [2.45, 2.75) is 45.4 Å². The van der Waals surface area contributed by atoms with Gasteiger partial charge < -0.3 is 10.1 Å². The number of amides is 1. The maximum absolute atomic E-state index is 11.8. The van der Waals surface area contributed by atoms with Crippen LogP contribution in [0.5, 0.6) is 0 Å². The Labute approximate surface area is 122 Å². The molecule has 0 atom stereocenters. The van der Waals surface area contributed by atoms with E-state index in [2.05, 4.69) is 10.3 Å². The van der Waals surface area contributed by atoms with Crippen molar-refractivity contribution in [1.82, 2.24) is 4.98 Å². The van der Waals surface area contributed by atoms with E-state index in [0.717, 1.165) is 6.42 Å². The second-order valence-electron chi connectivity index (χ2n) is 5.00. The fraction of sp³-hybridized carbons (Fsp3) is 0.643. The molecule has 6 heteroatoms. The highest BCUT2D eigenvalue weighted by Gasteiger charge is 2.17. The summed E-state index contributed by atoms with van der Waals surface area (Å²) < 4.78 is 4.85. The molecule has 1 N–H and O–H groups in total. The van der Waals surface area contributed by atoms with Gasteiger partial charge in [-0.2, -0.15) is 0 Å². The normalized spacial score (nSPS) is 15.2. The van der Waals surface area contributed by atoms with Crippen molar-refractivity contribution in [3.05, 3.63) is 11.1 Å². The number of carbonyl (C=O) groups excluding carboxylic acids is 2. The third kappa shape index (κ3) is 4.30. The Kier molecular flexibility index (Phi) is 5.52. The maximum Gasteiger partial charge on any atom is 0.357 e. The molecular weight excluding hydrogens is 276 g/mol. The largest absolute Gasteiger partial charge is 0.461 e. The average molecular weight is 296 g/mol. The standard InChI is InChI=1S/C14H20N2O3S/c1-2-19-13(18)11-9-20-14(15-11)16-12(17)8-7-10-5-3-4-6-10/h9-10H,2-8H2,1H3,(H,15,16,17). The summed E-state index contributed by atoms with van der Waals surface area (Å²) in [5.74, 6) is 0.226. The first-order valence-corrected chi connectivity index (χ1v) is 7.99. The van der Waals surface area contributed by atoms with Crippen LogP contribution in [0.25, 0.3) is 0 Å². The molecule has 1 aromatic rings. The number of hydrogen-bond acceptors (Lipinski definition) is 5. The quantitative estimate of drug-likeness (QED) is 0.818. The molecule has 1 aliphatic carbocycles. The zero-order valence-electron chi connectivity index (χ0n) is 11.7. The Bertz CT molecular complexity index is 467. The van der Waals surface area contributed by atoms with Crippen LogP contribution < -0.4 is 5.32 Å². The van der Waals surface area contributed by atoms with Crippen molar-refractivity contribution < 1.29 is 14.3 Å². The van der Waals surface area contributed by atoms with Gasteiger partial charge >= 0.3 is 5.97 Å². The number of ether oxygens (including phenoxy) is 1. The van der Waals surface area contributed by atoms with Gasteiger partial charge in [0, 0.05) is 11.8 Å². The van der Waals surface area contributed by atoms with Gasteiger partial charge in [-0.15, -0.1) is 11.3 Å². The Morgan fingerprint density at radius 3 is 2.90 bits per heavy atom. The molecule has 1 saturated carbocycles. The van der Waals surface area contributed by atoms with Crippen LogP contribution in [0.3, 0.4) is 0 Å². The second kappa shape index (κ2) is 7.38. The molecule has 1 aliphatic rings. The number of carbonyl (C=O) groups is 2. The Morgan fingerprint density at radius 2 is 2.20 bits per heavy atom. The van der Waals surface area contributed by atoms with Crippen LogP contribution in [0.2, 0.25) is 0 Å². The lowest BCUT2D eigenvalue weighted by atomic mass is 10.0. The molecule has 1 fully saturated rings. The van der Waals surface area contributed by atoms with Gasteiger partial charge in [0.1, 0.15) is 0 Å². The maximum atomic E-state index is 11.8. The van der Waals surface area contributed by atoms with Crippen molar-refractivity contribution >= 4 is 28.3 Å². The molecule has 0 aliphatic heterocycles. The van der Waals surface area contributed by atoms with Crippen LogP contribution >= 0.6 is 11.3 Å². The lowest BCUT2D eigenvalue weighted by Gasteiger charge is -2.07. The molecular formula is C14H20N2O3S. The third-order valence-electron chi connectivity index (χ3n) is 3.49. The predicted molar refractivity (Wildman–Crippen MR) is 77.9 cm³/mol. The number of anilines is 1. The number of nitrogens with zero attached hydrogens (tertiary/aromatic N) is 1. The van der Waals surface area contributed by atoms with Crippen molar-refractivity contribution in [2.24, 2.45) is 5.92 Å². The zero-order chi connectivity index (χ0) is 14.4. The van der Waals surface area contributed by atoms with E-state index in [1.807, 2.05) is 0 Å². The van der Waals surface area contributed by atoms with Crippen LogP contribution in [0, 0.1) is 5.92 Å². The SMILES string of the molecule is CCOC(=O)c1csc(NC(=O)CCC2CCCC2)n1. The van der Waals surface area contributed by atoms with E-state index in [1.54, 1.807) is 12.3 Å². The molecule has 1 heterocycles. The van der Waals surface area contributed by atoms with Gasteiger partial charge in [0.25, 0.3) is 0 Å². The van der Waals surface area contributed by atoms with Gasteiger partial charge in [-0.3, -0.25) is 4.79 Å². The molecule has 0 unspecified atom stereocenters. The van der Waals surface area contributed by atoms with Crippen molar-refractivity contribution in [3.63, 3.8) is 0 Å². The fourth-order valence-electron chi connectivity index (χ4n) is 2.45. The number of rotatable bonds is 6. The molecule has 0 bridgehead atoms. The van der Waals surface area contributed by atoms with E-state index in [9.17, 15) is 9.59 Å². The highest BCUT2D eigenvalue weighted by Crippen LogP contribution is 2.28. The summed E-state index contributed by atoms with van der Waals surface area (Å²) in [5.41, 5.74) is 0.253. The minimum Gasteiger partial charge on any atom is -0.461 e. The fourth-order valence-corrected chi connectivity index (χ4v) is 3.14. The van der Waals surface area contributed by atoms with E-state index in [0.29, 0.717) is 24.1 Å². The summed E-state index contributed by atoms with van der Waals surface area (Å²) in [5, 5.41) is 4.81. The van der Waals surface area contributed by atoms with Crippen LogP contribution in [-0.4, -0.2) is 23.5 Å². The summed E-state index contributed by atoms with van der Waals surface area (Å²) in [4.78, 5) is 27.3. The highest BCUT2D eigenvalue weighted by atomic mass is 32.1.